The van der Waals surface area contributed by atoms with Gasteiger partial charge >= 0.3 is 0 Å². The molecule has 0 bridgehead atoms. The lowest BCUT2D eigenvalue weighted by Crippen LogP contribution is -2.57. The van der Waals surface area contributed by atoms with Gasteiger partial charge in [0, 0.05) is 5.46 Å². The van der Waals surface area contributed by atoms with E-state index in [9.17, 15) is 0 Å². The van der Waals surface area contributed by atoms with E-state index in [-0.39, 0.29) is 6.71 Å². The maximum atomic E-state index is 6.39. The maximum Gasteiger partial charge on any atom is 0.260 e. The number of hydrogen-bond donors (Lipinski definition) is 0. The SMILES string of the molecule is c1ccc2c(c1)Oc1cc(-c3ccc4c(c3)CC4)cc3c1B2c1ccccc1O3. The minimum Gasteiger partial charge on any atom is -0.458 e. The fourth-order valence-electron chi connectivity index (χ4n) is 4.94. The second-order valence-corrected chi connectivity index (χ2v) is 8.08. The second-order valence-electron chi connectivity index (χ2n) is 8.08. The summed E-state index contributed by atoms with van der Waals surface area (Å²) in [4.78, 5) is 0. The lowest BCUT2D eigenvalue weighted by atomic mass is 9.35. The van der Waals surface area contributed by atoms with Crippen LogP contribution in [0.25, 0.3) is 11.1 Å². The first kappa shape index (κ1) is 15.5. The predicted octanol–water partition coefficient (Wildman–Crippen LogP) is 4.18. The van der Waals surface area contributed by atoms with E-state index in [1.165, 1.54) is 40.5 Å². The van der Waals surface area contributed by atoms with Gasteiger partial charge in [-0.1, -0.05) is 54.6 Å². The molecule has 1 aliphatic carbocycles. The standard InChI is InChI=1S/C26H17BO2/c1-3-7-22-20(5-1)27-21-6-2-4-8-23(21)29-25-15-19(14-24(28-22)26(25)27)18-12-10-16-9-11-17(16)13-18/h1-8,10,12-15H,9,11H2. The van der Waals surface area contributed by atoms with Crippen LogP contribution in [0.15, 0.2) is 78.9 Å². The zero-order valence-electron chi connectivity index (χ0n) is 15.8. The Morgan fingerprint density at radius 1 is 0.552 bits per heavy atom. The lowest BCUT2D eigenvalue weighted by Gasteiger charge is -2.33. The molecule has 0 amide bonds. The Labute approximate surface area is 169 Å². The molecule has 0 N–H and O–H groups in total. The van der Waals surface area contributed by atoms with Gasteiger partial charge in [-0.15, -0.1) is 0 Å². The third-order valence-electron chi connectivity index (χ3n) is 6.50. The van der Waals surface area contributed by atoms with Crippen LogP contribution in [0.2, 0.25) is 0 Å². The van der Waals surface area contributed by atoms with E-state index < -0.39 is 0 Å². The summed E-state index contributed by atoms with van der Waals surface area (Å²) in [6, 6.07) is 27.9. The Morgan fingerprint density at radius 2 is 1.17 bits per heavy atom. The topological polar surface area (TPSA) is 18.5 Å². The molecule has 7 rings (SSSR count). The number of aryl methyl sites for hydroxylation is 2. The summed E-state index contributed by atoms with van der Waals surface area (Å²) in [6.07, 6.45) is 2.38. The van der Waals surface area contributed by atoms with Crippen molar-refractivity contribution in [3.05, 3.63) is 90.0 Å². The van der Waals surface area contributed by atoms with E-state index in [1.807, 2.05) is 12.1 Å². The molecule has 0 radical (unpaired) electrons. The summed E-state index contributed by atoms with van der Waals surface area (Å²) in [5.74, 6) is 3.67. The predicted molar refractivity (Wildman–Crippen MR) is 117 cm³/mol. The largest absolute Gasteiger partial charge is 0.458 e. The van der Waals surface area contributed by atoms with Crippen molar-refractivity contribution >= 4 is 23.1 Å². The minimum absolute atomic E-state index is 0.140. The number of ether oxygens (including phenoxy) is 2. The first-order valence-electron chi connectivity index (χ1n) is 10.2. The molecule has 0 spiro atoms. The number of benzene rings is 4. The quantitative estimate of drug-likeness (QED) is 0.403. The summed E-state index contributed by atoms with van der Waals surface area (Å²) in [7, 11) is 0. The lowest BCUT2D eigenvalue weighted by molar-refractivity contribution is 0.465. The smallest absolute Gasteiger partial charge is 0.260 e. The van der Waals surface area contributed by atoms with Gasteiger partial charge in [0.25, 0.3) is 6.71 Å². The van der Waals surface area contributed by atoms with Crippen LogP contribution >= 0.6 is 0 Å². The highest BCUT2D eigenvalue weighted by atomic mass is 16.5. The van der Waals surface area contributed by atoms with E-state index in [1.54, 1.807) is 0 Å². The average Bonchev–Trinajstić information content (AvgIpc) is 2.74. The molecule has 3 aliphatic rings. The van der Waals surface area contributed by atoms with Gasteiger partial charge in [0.2, 0.25) is 0 Å². The van der Waals surface area contributed by atoms with Crippen molar-refractivity contribution in [1.82, 2.24) is 0 Å². The third kappa shape index (κ3) is 2.13. The van der Waals surface area contributed by atoms with E-state index in [0.29, 0.717) is 0 Å². The van der Waals surface area contributed by atoms with E-state index in [4.69, 9.17) is 9.47 Å². The highest BCUT2D eigenvalue weighted by molar-refractivity contribution is 6.98. The fourth-order valence-corrected chi connectivity index (χ4v) is 4.94. The molecule has 4 aromatic carbocycles. The third-order valence-corrected chi connectivity index (χ3v) is 6.50. The number of hydrogen-bond acceptors (Lipinski definition) is 2. The van der Waals surface area contributed by atoms with Crippen molar-refractivity contribution in [2.45, 2.75) is 12.8 Å². The van der Waals surface area contributed by atoms with Crippen LogP contribution in [-0.4, -0.2) is 6.71 Å². The van der Waals surface area contributed by atoms with Gasteiger partial charge < -0.3 is 9.47 Å². The van der Waals surface area contributed by atoms with Crippen molar-refractivity contribution in [3.63, 3.8) is 0 Å². The molecule has 29 heavy (non-hydrogen) atoms. The van der Waals surface area contributed by atoms with Gasteiger partial charge in [0.15, 0.2) is 0 Å². The summed E-state index contributed by atoms with van der Waals surface area (Å²) in [5, 5.41) is 0. The molecule has 0 saturated carbocycles. The Balaban J connectivity index is 1.48. The Kier molecular flexibility index (Phi) is 2.96. The number of para-hydroxylation sites is 2. The van der Waals surface area contributed by atoms with Crippen molar-refractivity contribution in [3.8, 4) is 34.1 Å². The fraction of sp³-hybridized carbons (Fsp3) is 0.0769. The van der Waals surface area contributed by atoms with E-state index in [2.05, 4.69) is 66.7 Å². The van der Waals surface area contributed by atoms with Crippen LogP contribution in [-0.2, 0) is 12.8 Å². The summed E-state index contributed by atoms with van der Waals surface area (Å²) >= 11 is 0. The Bertz CT molecular complexity index is 1250. The Morgan fingerprint density at radius 3 is 1.76 bits per heavy atom. The number of rotatable bonds is 1. The summed E-state index contributed by atoms with van der Waals surface area (Å²) in [6.45, 7) is 0.140. The molecule has 0 aromatic heterocycles. The highest BCUT2D eigenvalue weighted by Crippen LogP contribution is 2.39. The molecule has 2 aliphatic heterocycles. The zero-order chi connectivity index (χ0) is 18.9. The van der Waals surface area contributed by atoms with Crippen LogP contribution in [0.5, 0.6) is 23.0 Å². The molecule has 0 atom stereocenters. The van der Waals surface area contributed by atoms with Gasteiger partial charge in [-0.3, -0.25) is 0 Å². The molecule has 3 heteroatoms. The van der Waals surface area contributed by atoms with Crippen molar-refractivity contribution < 1.29 is 9.47 Å². The molecule has 2 nitrogen and oxygen atoms in total. The van der Waals surface area contributed by atoms with Crippen molar-refractivity contribution in [1.29, 1.82) is 0 Å². The van der Waals surface area contributed by atoms with Gasteiger partial charge in [0.05, 0.1) is 0 Å². The molecular formula is C26H17BO2. The molecule has 136 valence electrons. The minimum atomic E-state index is 0.140. The molecule has 0 unspecified atom stereocenters. The van der Waals surface area contributed by atoms with Crippen molar-refractivity contribution in [2.24, 2.45) is 0 Å². The van der Waals surface area contributed by atoms with Crippen LogP contribution in [0.1, 0.15) is 11.1 Å². The van der Waals surface area contributed by atoms with Gasteiger partial charge in [-0.2, -0.15) is 0 Å². The monoisotopic (exact) mass is 372 g/mol. The second kappa shape index (κ2) is 5.54. The molecule has 0 saturated heterocycles. The van der Waals surface area contributed by atoms with Gasteiger partial charge in [-0.05, 0) is 70.3 Å². The first-order valence-corrected chi connectivity index (χ1v) is 10.2. The molecule has 0 fully saturated rings. The molecule has 4 aromatic rings. The van der Waals surface area contributed by atoms with E-state index in [0.717, 1.165) is 34.0 Å². The zero-order valence-corrected chi connectivity index (χ0v) is 15.8. The molecule has 2 heterocycles. The first-order chi connectivity index (χ1) is 14.3. The van der Waals surface area contributed by atoms with Crippen LogP contribution < -0.4 is 25.9 Å². The van der Waals surface area contributed by atoms with E-state index >= 15 is 0 Å². The van der Waals surface area contributed by atoms with Crippen LogP contribution in [0.3, 0.4) is 0 Å². The highest BCUT2D eigenvalue weighted by Gasteiger charge is 2.40. The Hall–Kier alpha value is -3.46. The van der Waals surface area contributed by atoms with Crippen molar-refractivity contribution in [2.75, 3.05) is 0 Å². The summed E-state index contributed by atoms with van der Waals surface area (Å²) in [5.41, 5.74) is 8.84. The van der Waals surface area contributed by atoms with Crippen LogP contribution in [0, 0.1) is 0 Å². The summed E-state index contributed by atoms with van der Waals surface area (Å²) < 4.78 is 12.8. The van der Waals surface area contributed by atoms with Crippen LogP contribution in [0.4, 0.5) is 0 Å². The molecular weight excluding hydrogens is 355 g/mol. The van der Waals surface area contributed by atoms with Gasteiger partial charge in [0.1, 0.15) is 23.0 Å². The maximum absolute atomic E-state index is 6.39. The normalized spacial score (nSPS) is 14.4. The average molecular weight is 372 g/mol. The van der Waals surface area contributed by atoms with Gasteiger partial charge in [-0.25, -0.2) is 0 Å². The number of fused-ring (bicyclic) bond motifs is 5.